The molecule has 2 atom stereocenters. The van der Waals surface area contributed by atoms with Crippen LogP contribution in [0.2, 0.25) is 0 Å². The minimum absolute atomic E-state index is 0.386. The fourth-order valence-electron chi connectivity index (χ4n) is 1.86. The smallest absolute Gasteiger partial charge is 0.245 e. The van der Waals surface area contributed by atoms with Crippen LogP contribution in [-0.4, -0.2) is 52.7 Å². The molecule has 5 amide bonds. The van der Waals surface area contributed by atoms with E-state index in [0.717, 1.165) is 0 Å². The normalized spacial score (nSPS) is 13.8. The van der Waals surface area contributed by atoms with Crippen molar-refractivity contribution in [3.8, 4) is 0 Å². The van der Waals surface area contributed by atoms with Crippen LogP contribution in [0.5, 0.6) is 0 Å². The number of primary amides is 1. The van der Waals surface area contributed by atoms with Crippen molar-refractivity contribution in [2.75, 3.05) is 0 Å². The monoisotopic (exact) mass is 371 g/mol. The number of rotatable bonds is 8. The topological polar surface area (TPSA) is 159 Å². The number of hydrogen-bond donors (Lipinski definition) is 5. The minimum Gasteiger partial charge on any atom is -0.368 e. The fourth-order valence-corrected chi connectivity index (χ4v) is 1.86. The van der Waals surface area contributed by atoms with E-state index in [1.807, 2.05) is 0 Å². The van der Waals surface area contributed by atoms with Gasteiger partial charge in [0.15, 0.2) is 0 Å². The SMILES string of the molecule is CC(=O)NC(C)(C)C(=O)N[C@@H](C)C(=O)NC(C)(C)C(=O)N[C@@H](C)C(N)=O. The molecular weight excluding hydrogens is 342 g/mol. The zero-order valence-electron chi connectivity index (χ0n) is 16.3. The van der Waals surface area contributed by atoms with Crippen molar-refractivity contribution < 1.29 is 24.0 Å². The van der Waals surface area contributed by atoms with Gasteiger partial charge in [0.1, 0.15) is 23.2 Å². The molecule has 148 valence electrons. The van der Waals surface area contributed by atoms with E-state index in [1.54, 1.807) is 0 Å². The van der Waals surface area contributed by atoms with Gasteiger partial charge in [-0.05, 0) is 41.5 Å². The van der Waals surface area contributed by atoms with E-state index in [0.29, 0.717) is 0 Å². The van der Waals surface area contributed by atoms with Gasteiger partial charge in [-0.15, -0.1) is 0 Å². The van der Waals surface area contributed by atoms with Gasteiger partial charge in [0, 0.05) is 6.92 Å². The van der Waals surface area contributed by atoms with Gasteiger partial charge in [0.05, 0.1) is 0 Å². The maximum absolute atomic E-state index is 12.3. The molecule has 0 radical (unpaired) electrons. The van der Waals surface area contributed by atoms with Crippen LogP contribution in [0.3, 0.4) is 0 Å². The third kappa shape index (κ3) is 7.08. The van der Waals surface area contributed by atoms with Crippen molar-refractivity contribution in [2.45, 2.75) is 71.6 Å². The second kappa shape index (κ2) is 8.63. The zero-order chi connectivity index (χ0) is 20.9. The molecule has 6 N–H and O–H groups in total. The first kappa shape index (κ1) is 23.4. The van der Waals surface area contributed by atoms with Crippen LogP contribution in [-0.2, 0) is 24.0 Å². The number of nitrogens with one attached hydrogen (secondary N) is 4. The molecule has 0 rings (SSSR count). The lowest BCUT2D eigenvalue weighted by Gasteiger charge is -2.30. The quantitative estimate of drug-likeness (QED) is 0.343. The first-order chi connectivity index (χ1) is 11.6. The second-order valence-corrected chi connectivity index (χ2v) is 7.21. The molecule has 0 fully saturated rings. The first-order valence-corrected chi connectivity index (χ1v) is 8.12. The Kier molecular flexibility index (Phi) is 7.75. The van der Waals surface area contributed by atoms with E-state index < -0.39 is 46.8 Å². The van der Waals surface area contributed by atoms with Crippen molar-refractivity contribution in [2.24, 2.45) is 5.73 Å². The van der Waals surface area contributed by atoms with Crippen LogP contribution in [0, 0.1) is 0 Å². The van der Waals surface area contributed by atoms with Gasteiger partial charge in [-0.2, -0.15) is 0 Å². The summed E-state index contributed by atoms with van der Waals surface area (Å²) in [4.78, 5) is 58.8. The Morgan fingerprint density at radius 2 is 1.15 bits per heavy atom. The van der Waals surface area contributed by atoms with Crippen LogP contribution in [0.4, 0.5) is 0 Å². The lowest BCUT2D eigenvalue weighted by Crippen LogP contribution is -2.62. The number of hydrogen-bond acceptors (Lipinski definition) is 5. The van der Waals surface area contributed by atoms with Gasteiger partial charge >= 0.3 is 0 Å². The summed E-state index contributed by atoms with van der Waals surface area (Å²) in [7, 11) is 0. The predicted octanol–water partition coefficient (Wildman–Crippen LogP) is -1.71. The highest BCUT2D eigenvalue weighted by Gasteiger charge is 2.35. The molecular formula is C16H29N5O5. The summed E-state index contributed by atoms with van der Waals surface area (Å²) in [5, 5.41) is 9.83. The van der Waals surface area contributed by atoms with Gasteiger partial charge in [-0.3, -0.25) is 24.0 Å². The maximum atomic E-state index is 12.3. The predicted molar refractivity (Wildman–Crippen MR) is 94.5 cm³/mol. The first-order valence-electron chi connectivity index (χ1n) is 8.12. The van der Waals surface area contributed by atoms with E-state index in [2.05, 4.69) is 21.3 Å². The van der Waals surface area contributed by atoms with Crippen molar-refractivity contribution in [1.29, 1.82) is 0 Å². The summed E-state index contributed by atoms with van der Waals surface area (Å²) in [6, 6.07) is -1.86. The van der Waals surface area contributed by atoms with E-state index in [1.165, 1.54) is 48.5 Å². The molecule has 0 unspecified atom stereocenters. The van der Waals surface area contributed by atoms with E-state index >= 15 is 0 Å². The van der Waals surface area contributed by atoms with Crippen LogP contribution in [0.1, 0.15) is 48.5 Å². The molecule has 10 nitrogen and oxygen atoms in total. The summed E-state index contributed by atoms with van der Waals surface area (Å²) in [5.41, 5.74) is 2.54. The van der Waals surface area contributed by atoms with Gasteiger partial charge < -0.3 is 27.0 Å². The Balaban J connectivity index is 4.88. The third-order valence-corrected chi connectivity index (χ3v) is 3.57. The molecule has 10 heteroatoms. The Labute approximate surface area is 153 Å². The Morgan fingerprint density at radius 1 is 0.769 bits per heavy atom. The highest BCUT2D eigenvalue weighted by atomic mass is 16.2. The van der Waals surface area contributed by atoms with E-state index in [9.17, 15) is 24.0 Å². The maximum Gasteiger partial charge on any atom is 0.245 e. The molecule has 0 saturated heterocycles. The Morgan fingerprint density at radius 3 is 1.54 bits per heavy atom. The number of carbonyl (C=O) groups excluding carboxylic acids is 5. The zero-order valence-corrected chi connectivity index (χ0v) is 16.3. The molecule has 0 aromatic heterocycles. The molecule has 26 heavy (non-hydrogen) atoms. The molecule has 0 aliphatic rings. The van der Waals surface area contributed by atoms with E-state index in [4.69, 9.17) is 5.73 Å². The van der Waals surface area contributed by atoms with Crippen LogP contribution >= 0.6 is 0 Å². The van der Waals surface area contributed by atoms with E-state index in [-0.39, 0.29) is 5.91 Å². The summed E-state index contributed by atoms with van der Waals surface area (Å²) in [6.07, 6.45) is 0. The van der Waals surface area contributed by atoms with Crippen LogP contribution in [0.25, 0.3) is 0 Å². The molecule has 0 saturated carbocycles. The highest BCUT2D eigenvalue weighted by Crippen LogP contribution is 2.06. The summed E-state index contributed by atoms with van der Waals surface area (Å²) in [5.74, 6) is -2.86. The molecule has 0 heterocycles. The standard InChI is InChI=1S/C16H29N5O5/c1-8(11(17)23)18-14(26)16(6,7)21-12(24)9(2)19-13(25)15(4,5)20-10(3)22/h8-9H,1-7H3,(H2,17,23)(H,18,26)(H,19,25)(H,20,22)(H,21,24)/t8-,9-/m0/s1. The van der Waals surface area contributed by atoms with Crippen LogP contribution < -0.4 is 27.0 Å². The number of amides is 5. The van der Waals surface area contributed by atoms with Gasteiger partial charge in [-0.25, -0.2) is 0 Å². The summed E-state index contributed by atoms with van der Waals surface area (Å²) >= 11 is 0. The van der Waals surface area contributed by atoms with Crippen LogP contribution in [0.15, 0.2) is 0 Å². The lowest BCUT2D eigenvalue weighted by atomic mass is 10.0. The van der Waals surface area contributed by atoms with Gasteiger partial charge in [0.25, 0.3) is 0 Å². The van der Waals surface area contributed by atoms with Gasteiger partial charge in [0.2, 0.25) is 29.5 Å². The van der Waals surface area contributed by atoms with Crippen molar-refractivity contribution in [3.63, 3.8) is 0 Å². The average molecular weight is 371 g/mol. The molecule has 0 aliphatic carbocycles. The molecule has 0 bridgehead atoms. The minimum atomic E-state index is -1.34. The second-order valence-electron chi connectivity index (χ2n) is 7.21. The van der Waals surface area contributed by atoms with Crippen molar-refractivity contribution in [3.05, 3.63) is 0 Å². The van der Waals surface area contributed by atoms with Crippen molar-refractivity contribution in [1.82, 2.24) is 21.3 Å². The highest BCUT2D eigenvalue weighted by molar-refractivity contribution is 5.97. The molecule has 0 aromatic carbocycles. The number of nitrogens with two attached hydrogens (primary N) is 1. The largest absolute Gasteiger partial charge is 0.368 e. The summed E-state index contributed by atoms with van der Waals surface area (Å²) < 4.78 is 0. The van der Waals surface area contributed by atoms with Gasteiger partial charge in [-0.1, -0.05) is 0 Å². The Bertz CT molecular complexity index is 600. The molecule has 0 aromatic rings. The Hall–Kier alpha value is -2.65. The number of carbonyl (C=O) groups is 5. The fraction of sp³-hybridized carbons (Fsp3) is 0.688. The lowest BCUT2D eigenvalue weighted by molar-refractivity contribution is -0.137. The molecule has 0 spiro atoms. The average Bonchev–Trinajstić information content (AvgIpc) is 2.44. The molecule has 0 aliphatic heterocycles. The summed E-state index contributed by atoms with van der Waals surface area (Å²) in [6.45, 7) is 10.0. The van der Waals surface area contributed by atoms with Crippen molar-refractivity contribution >= 4 is 29.5 Å². The third-order valence-electron chi connectivity index (χ3n) is 3.57.